The van der Waals surface area contributed by atoms with E-state index in [-0.39, 0.29) is 17.6 Å². The fraction of sp³-hybridized carbons (Fsp3) is 0.333. The number of amides is 1. The summed E-state index contributed by atoms with van der Waals surface area (Å²) in [6, 6.07) is 9.03. The number of carbonyl (C=O) groups is 2. The molecule has 2 aromatic rings. The van der Waals surface area contributed by atoms with Crippen LogP contribution in [0.3, 0.4) is 0 Å². The Morgan fingerprint density at radius 1 is 1.27 bits per heavy atom. The molecule has 22 heavy (non-hydrogen) atoms. The topological polar surface area (TPSA) is 88.3 Å². The molecule has 1 aromatic heterocycles. The van der Waals surface area contributed by atoms with E-state index in [0.29, 0.717) is 13.0 Å². The van der Waals surface area contributed by atoms with Gasteiger partial charge < -0.3 is 10.0 Å². The lowest BCUT2D eigenvalue weighted by atomic mass is 10.0. The molecule has 0 aliphatic carbocycles. The summed E-state index contributed by atoms with van der Waals surface area (Å²) in [5, 5.41) is 17.0. The molecule has 3 rings (SSSR count). The number of carboxylic acid groups (broad SMARTS) is 1. The van der Waals surface area contributed by atoms with E-state index in [9.17, 15) is 9.59 Å². The van der Waals surface area contributed by atoms with E-state index in [0.717, 1.165) is 5.69 Å². The van der Waals surface area contributed by atoms with E-state index in [2.05, 4.69) is 10.3 Å². The number of likely N-dealkylation sites (tertiary alicyclic amines) is 1. The summed E-state index contributed by atoms with van der Waals surface area (Å²) >= 11 is 0. The van der Waals surface area contributed by atoms with Crippen molar-refractivity contribution < 1.29 is 14.7 Å². The molecule has 1 aliphatic heterocycles. The zero-order valence-corrected chi connectivity index (χ0v) is 12.1. The van der Waals surface area contributed by atoms with Gasteiger partial charge in [0.1, 0.15) is 0 Å². The molecule has 114 valence electrons. The lowest BCUT2D eigenvalue weighted by Gasteiger charge is -2.21. The number of hydrogen-bond acceptors (Lipinski definition) is 4. The highest BCUT2D eigenvalue weighted by Crippen LogP contribution is 2.25. The summed E-state index contributed by atoms with van der Waals surface area (Å²) in [6.45, 7) is 2.18. The second-order valence-electron chi connectivity index (χ2n) is 5.36. The molecule has 2 heterocycles. The smallest absolute Gasteiger partial charge is 0.308 e. The van der Waals surface area contributed by atoms with Crippen molar-refractivity contribution in [2.75, 3.05) is 6.54 Å². The minimum Gasteiger partial charge on any atom is -0.481 e. The molecule has 1 aliphatic rings. The first-order chi connectivity index (χ1) is 10.6. The Balaban J connectivity index is 1.79. The second kappa shape index (κ2) is 5.59. The zero-order chi connectivity index (χ0) is 15.7. The van der Waals surface area contributed by atoms with Gasteiger partial charge in [-0.3, -0.25) is 9.59 Å². The van der Waals surface area contributed by atoms with Crippen molar-refractivity contribution in [2.24, 2.45) is 5.92 Å². The third-order valence-electron chi connectivity index (χ3n) is 4.07. The van der Waals surface area contributed by atoms with Crippen LogP contribution in [0.25, 0.3) is 5.69 Å². The van der Waals surface area contributed by atoms with E-state index in [1.54, 1.807) is 18.0 Å². The monoisotopic (exact) mass is 300 g/mol. The van der Waals surface area contributed by atoms with E-state index in [4.69, 9.17) is 5.11 Å². The van der Waals surface area contributed by atoms with Gasteiger partial charge in [-0.15, -0.1) is 5.10 Å². The van der Waals surface area contributed by atoms with Gasteiger partial charge in [-0.2, -0.15) is 0 Å². The molecule has 7 heteroatoms. The third-order valence-corrected chi connectivity index (χ3v) is 4.07. The quantitative estimate of drug-likeness (QED) is 0.920. The third kappa shape index (κ3) is 2.45. The highest BCUT2D eigenvalue weighted by atomic mass is 16.4. The number of benzene rings is 1. The number of nitrogens with zero attached hydrogens (tertiary/aromatic N) is 4. The minimum absolute atomic E-state index is 0.224. The van der Waals surface area contributed by atoms with Gasteiger partial charge in [-0.1, -0.05) is 23.4 Å². The van der Waals surface area contributed by atoms with Crippen molar-refractivity contribution in [2.45, 2.75) is 19.4 Å². The largest absolute Gasteiger partial charge is 0.481 e. The van der Waals surface area contributed by atoms with E-state index < -0.39 is 11.9 Å². The molecule has 1 amide bonds. The van der Waals surface area contributed by atoms with Crippen molar-refractivity contribution in [3.63, 3.8) is 0 Å². The Morgan fingerprint density at radius 3 is 2.64 bits per heavy atom. The van der Waals surface area contributed by atoms with Gasteiger partial charge in [0.15, 0.2) is 5.69 Å². The molecule has 0 spiro atoms. The van der Waals surface area contributed by atoms with Crippen LogP contribution in [-0.2, 0) is 4.79 Å². The van der Waals surface area contributed by atoms with Gasteiger partial charge in [0, 0.05) is 12.6 Å². The fourth-order valence-electron chi connectivity index (χ4n) is 2.77. The minimum atomic E-state index is -0.865. The lowest BCUT2D eigenvalue weighted by molar-refractivity contribution is -0.142. The van der Waals surface area contributed by atoms with Crippen LogP contribution < -0.4 is 0 Å². The molecule has 1 fully saturated rings. The fourth-order valence-corrected chi connectivity index (χ4v) is 2.77. The van der Waals surface area contributed by atoms with Crippen LogP contribution in [0, 0.1) is 5.92 Å². The van der Waals surface area contributed by atoms with Crippen molar-refractivity contribution >= 4 is 11.9 Å². The summed E-state index contributed by atoms with van der Waals surface area (Å²) in [6.07, 6.45) is 2.04. The highest BCUT2D eigenvalue weighted by Gasteiger charge is 2.39. The maximum Gasteiger partial charge on any atom is 0.308 e. The SMILES string of the molecule is CC1C(C(=O)O)CCN1C(=O)c1cn(-c2ccccc2)nn1. The van der Waals surface area contributed by atoms with Crippen LogP contribution in [0.2, 0.25) is 0 Å². The Bertz CT molecular complexity index is 698. The number of hydrogen-bond donors (Lipinski definition) is 1. The summed E-state index contributed by atoms with van der Waals surface area (Å²) in [5.41, 5.74) is 1.04. The number of para-hydroxylation sites is 1. The first-order valence-corrected chi connectivity index (χ1v) is 7.09. The normalized spacial score (nSPS) is 21.0. The molecule has 0 bridgehead atoms. The highest BCUT2D eigenvalue weighted by molar-refractivity contribution is 5.93. The van der Waals surface area contributed by atoms with Crippen molar-refractivity contribution in [1.29, 1.82) is 0 Å². The molecular weight excluding hydrogens is 284 g/mol. The number of rotatable bonds is 3. The zero-order valence-electron chi connectivity index (χ0n) is 12.1. The van der Waals surface area contributed by atoms with Crippen LogP contribution >= 0.6 is 0 Å². The van der Waals surface area contributed by atoms with Gasteiger partial charge >= 0.3 is 5.97 Å². The van der Waals surface area contributed by atoms with Crippen molar-refractivity contribution in [3.05, 3.63) is 42.2 Å². The van der Waals surface area contributed by atoms with Gasteiger partial charge in [0.05, 0.1) is 17.8 Å². The summed E-state index contributed by atoms with van der Waals surface area (Å²) in [4.78, 5) is 25.2. The standard InChI is InChI=1S/C15H16N4O3/c1-10-12(15(21)22)7-8-18(10)14(20)13-9-19(17-16-13)11-5-3-2-4-6-11/h2-6,9-10,12H,7-8H2,1H3,(H,21,22). The van der Waals surface area contributed by atoms with Crippen LogP contribution in [0.1, 0.15) is 23.8 Å². The molecule has 1 aromatic carbocycles. The van der Waals surface area contributed by atoms with Gasteiger partial charge in [-0.25, -0.2) is 4.68 Å². The summed E-state index contributed by atoms with van der Waals surface area (Å²) in [7, 11) is 0. The van der Waals surface area contributed by atoms with Gasteiger partial charge in [0.2, 0.25) is 0 Å². The molecule has 1 N–H and O–H groups in total. The van der Waals surface area contributed by atoms with Crippen LogP contribution in [-0.4, -0.2) is 49.5 Å². The Morgan fingerprint density at radius 2 is 2.00 bits per heavy atom. The lowest BCUT2D eigenvalue weighted by Crippen LogP contribution is -2.37. The average molecular weight is 300 g/mol. The molecule has 7 nitrogen and oxygen atoms in total. The van der Waals surface area contributed by atoms with Crippen molar-refractivity contribution in [1.82, 2.24) is 19.9 Å². The Kier molecular flexibility index (Phi) is 3.62. The van der Waals surface area contributed by atoms with E-state index in [1.165, 1.54) is 4.68 Å². The van der Waals surface area contributed by atoms with Crippen LogP contribution in [0.15, 0.2) is 36.5 Å². The number of aliphatic carboxylic acids is 1. The summed E-state index contributed by atoms with van der Waals surface area (Å²) < 4.78 is 1.53. The maximum absolute atomic E-state index is 12.5. The van der Waals surface area contributed by atoms with Gasteiger partial charge in [-0.05, 0) is 25.5 Å². The van der Waals surface area contributed by atoms with Crippen molar-refractivity contribution in [3.8, 4) is 5.69 Å². The number of aromatic nitrogens is 3. The van der Waals surface area contributed by atoms with Gasteiger partial charge in [0.25, 0.3) is 5.91 Å². The van der Waals surface area contributed by atoms with E-state index in [1.807, 2.05) is 30.3 Å². The first kappa shape index (κ1) is 14.2. The molecular formula is C15H16N4O3. The predicted molar refractivity (Wildman–Crippen MR) is 77.6 cm³/mol. The molecule has 0 saturated carbocycles. The molecule has 0 radical (unpaired) electrons. The molecule has 2 atom stereocenters. The van der Waals surface area contributed by atoms with Crippen LogP contribution in [0.5, 0.6) is 0 Å². The summed E-state index contributed by atoms with van der Waals surface area (Å²) in [5.74, 6) is -1.66. The Labute approximate surface area is 127 Å². The van der Waals surface area contributed by atoms with E-state index >= 15 is 0 Å². The first-order valence-electron chi connectivity index (χ1n) is 7.09. The van der Waals surface area contributed by atoms with Crippen LogP contribution in [0.4, 0.5) is 0 Å². The molecule has 1 saturated heterocycles. The number of carbonyl (C=O) groups excluding carboxylic acids is 1. The Hall–Kier alpha value is -2.70. The predicted octanol–water partition coefficient (Wildman–Crippen LogP) is 1.20. The molecule has 2 unspecified atom stereocenters. The number of carboxylic acids is 1. The average Bonchev–Trinajstić information content (AvgIpc) is 3.14. The maximum atomic E-state index is 12.5. The second-order valence-corrected chi connectivity index (χ2v) is 5.36.